The molecule has 1 amide bonds. The molecule has 0 saturated carbocycles. The van der Waals surface area contributed by atoms with E-state index in [4.69, 9.17) is 0 Å². The monoisotopic (exact) mass is 341 g/mol. The lowest BCUT2D eigenvalue weighted by molar-refractivity contribution is 0.0728. The minimum atomic E-state index is 0.150. The van der Waals surface area contributed by atoms with Gasteiger partial charge in [-0.2, -0.15) is 0 Å². The van der Waals surface area contributed by atoms with Gasteiger partial charge < -0.3 is 4.90 Å². The average Bonchev–Trinajstić information content (AvgIpc) is 2.67. The van der Waals surface area contributed by atoms with Crippen molar-refractivity contribution < 1.29 is 4.79 Å². The topological polar surface area (TPSA) is 20.3 Å². The summed E-state index contributed by atoms with van der Waals surface area (Å²) in [4.78, 5) is 15.4. The molecule has 0 aromatic heterocycles. The summed E-state index contributed by atoms with van der Waals surface area (Å²) in [5, 5.41) is 0. The Morgan fingerprint density at radius 2 is 1.54 bits per heavy atom. The molecule has 0 bridgehead atoms. The molecule has 130 valence electrons. The molecule has 0 N–H and O–H groups in total. The minimum absolute atomic E-state index is 0.150. The first-order valence-corrected chi connectivity index (χ1v) is 9.17. The molecule has 1 heterocycles. The fourth-order valence-corrected chi connectivity index (χ4v) is 3.86. The van der Waals surface area contributed by atoms with E-state index in [1.54, 1.807) is 0 Å². The van der Waals surface area contributed by atoms with E-state index in [9.17, 15) is 4.79 Å². The summed E-state index contributed by atoms with van der Waals surface area (Å²) in [7, 11) is 0. The molecule has 26 heavy (non-hydrogen) atoms. The van der Waals surface area contributed by atoms with E-state index in [1.165, 1.54) is 22.3 Å². The van der Waals surface area contributed by atoms with Crippen molar-refractivity contribution in [1.82, 2.24) is 4.90 Å². The molecular weight excluding hydrogens is 318 g/mol. The number of nitrogens with zero attached hydrogens (tertiary/aromatic N) is 1. The van der Waals surface area contributed by atoms with Crippen LogP contribution in [-0.2, 0) is 13.0 Å². The minimum Gasteiger partial charge on any atom is -0.334 e. The fraction of sp³-hybridized carbons (Fsp3) is 0.208. The van der Waals surface area contributed by atoms with E-state index in [-0.39, 0.29) is 5.91 Å². The molecule has 0 saturated heterocycles. The Morgan fingerprint density at radius 1 is 0.885 bits per heavy atom. The highest BCUT2D eigenvalue weighted by Crippen LogP contribution is 2.35. The van der Waals surface area contributed by atoms with Gasteiger partial charge in [-0.1, -0.05) is 66.7 Å². The number of carbonyl (C=O) groups is 1. The molecule has 1 aliphatic rings. The normalized spacial score (nSPS) is 13.6. The van der Waals surface area contributed by atoms with Crippen molar-refractivity contribution in [2.24, 2.45) is 0 Å². The Bertz CT molecular complexity index is 945. The average molecular weight is 341 g/mol. The second-order valence-corrected chi connectivity index (χ2v) is 7.06. The first-order chi connectivity index (χ1) is 12.6. The van der Waals surface area contributed by atoms with Gasteiger partial charge in [0.15, 0.2) is 0 Å². The third kappa shape index (κ3) is 2.92. The van der Waals surface area contributed by atoms with Crippen LogP contribution in [0, 0.1) is 13.8 Å². The third-order valence-corrected chi connectivity index (χ3v) is 5.36. The highest BCUT2D eigenvalue weighted by molar-refractivity contribution is 6.04. The fourth-order valence-electron chi connectivity index (χ4n) is 3.86. The largest absolute Gasteiger partial charge is 0.334 e. The zero-order valence-electron chi connectivity index (χ0n) is 15.3. The molecule has 4 rings (SSSR count). The van der Waals surface area contributed by atoms with Gasteiger partial charge in [0.2, 0.25) is 0 Å². The van der Waals surface area contributed by atoms with Crippen molar-refractivity contribution >= 4 is 5.91 Å². The zero-order chi connectivity index (χ0) is 18.1. The van der Waals surface area contributed by atoms with Crippen LogP contribution >= 0.6 is 0 Å². The number of amides is 1. The quantitative estimate of drug-likeness (QED) is 0.643. The standard InChI is InChI=1S/C24H23NO/c1-17-15-21-13-14-25(16-19-9-5-3-6-10-19)24(26)23(21)22(18(17)2)20-11-7-4-8-12-20/h3-12,15H,13-14,16H2,1-2H3. The van der Waals surface area contributed by atoms with Crippen LogP contribution < -0.4 is 0 Å². The molecular formula is C24H23NO. The van der Waals surface area contributed by atoms with Crippen LogP contribution in [0.25, 0.3) is 11.1 Å². The van der Waals surface area contributed by atoms with Gasteiger partial charge in [0.05, 0.1) is 5.56 Å². The Hall–Kier alpha value is -2.87. The van der Waals surface area contributed by atoms with Crippen LogP contribution in [0.4, 0.5) is 0 Å². The molecule has 0 radical (unpaired) electrons. The number of rotatable bonds is 3. The van der Waals surface area contributed by atoms with Gasteiger partial charge in [-0.05, 0) is 53.6 Å². The number of fused-ring (bicyclic) bond motifs is 1. The molecule has 3 aromatic carbocycles. The lowest BCUT2D eigenvalue weighted by Crippen LogP contribution is -2.37. The van der Waals surface area contributed by atoms with Crippen LogP contribution in [0.15, 0.2) is 66.7 Å². The Balaban J connectivity index is 1.80. The number of aryl methyl sites for hydroxylation is 1. The third-order valence-electron chi connectivity index (χ3n) is 5.36. The van der Waals surface area contributed by atoms with Gasteiger partial charge in [0.1, 0.15) is 0 Å². The van der Waals surface area contributed by atoms with Crippen LogP contribution in [0.3, 0.4) is 0 Å². The predicted octanol–water partition coefficient (Wildman–Crippen LogP) is 5.17. The SMILES string of the molecule is Cc1cc2c(c(-c3ccccc3)c1C)C(=O)N(Cc1ccccc1)CC2. The van der Waals surface area contributed by atoms with E-state index >= 15 is 0 Å². The maximum absolute atomic E-state index is 13.4. The first kappa shape index (κ1) is 16.6. The van der Waals surface area contributed by atoms with Crippen LogP contribution in [-0.4, -0.2) is 17.4 Å². The van der Waals surface area contributed by atoms with Crippen molar-refractivity contribution in [2.45, 2.75) is 26.8 Å². The number of hydrogen-bond donors (Lipinski definition) is 0. The molecule has 0 atom stereocenters. The smallest absolute Gasteiger partial charge is 0.255 e. The second-order valence-electron chi connectivity index (χ2n) is 7.06. The van der Waals surface area contributed by atoms with Gasteiger partial charge >= 0.3 is 0 Å². The summed E-state index contributed by atoms with van der Waals surface area (Å²) in [5.74, 6) is 0.150. The van der Waals surface area contributed by atoms with Gasteiger partial charge in [-0.15, -0.1) is 0 Å². The number of benzene rings is 3. The highest BCUT2D eigenvalue weighted by atomic mass is 16.2. The molecule has 0 fully saturated rings. The van der Waals surface area contributed by atoms with Crippen molar-refractivity contribution in [3.05, 3.63) is 94.5 Å². The summed E-state index contributed by atoms with van der Waals surface area (Å²) < 4.78 is 0. The maximum atomic E-state index is 13.4. The summed E-state index contributed by atoms with van der Waals surface area (Å²) in [6.07, 6.45) is 0.912. The highest BCUT2D eigenvalue weighted by Gasteiger charge is 2.29. The van der Waals surface area contributed by atoms with Crippen molar-refractivity contribution in [3.8, 4) is 11.1 Å². The Labute approximate surface area is 155 Å². The zero-order valence-corrected chi connectivity index (χ0v) is 15.3. The molecule has 2 nitrogen and oxygen atoms in total. The molecule has 2 heteroatoms. The van der Waals surface area contributed by atoms with Gasteiger partial charge in [-0.25, -0.2) is 0 Å². The number of carbonyl (C=O) groups excluding carboxylic acids is 1. The lowest BCUT2D eigenvalue weighted by atomic mass is 9.85. The van der Waals surface area contributed by atoms with Gasteiger partial charge in [0.25, 0.3) is 5.91 Å². The Morgan fingerprint density at radius 3 is 2.23 bits per heavy atom. The van der Waals surface area contributed by atoms with Crippen LogP contribution in [0.5, 0.6) is 0 Å². The van der Waals surface area contributed by atoms with Crippen molar-refractivity contribution in [1.29, 1.82) is 0 Å². The first-order valence-electron chi connectivity index (χ1n) is 9.17. The molecule has 1 aliphatic heterocycles. The number of hydrogen-bond acceptors (Lipinski definition) is 1. The van der Waals surface area contributed by atoms with E-state index in [0.717, 1.165) is 29.7 Å². The predicted molar refractivity (Wildman–Crippen MR) is 106 cm³/mol. The van der Waals surface area contributed by atoms with E-state index in [2.05, 4.69) is 44.2 Å². The summed E-state index contributed by atoms with van der Waals surface area (Å²) in [6, 6.07) is 22.7. The van der Waals surface area contributed by atoms with Crippen LogP contribution in [0.2, 0.25) is 0 Å². The van der Waals surface area contributed by atoms with Gasteiger partial charge in [-0.3, -0.25) is 4.79 Å². The summed E-state index contributed by atoms with van der Waals surface area (Å²) in [6.45, 7) is 5.71. The lowest BCUT2D eigenvalue weighted by Gasteiger charge is -2.31. The van der Waals surface area contributed by atoms with Crippen molar-refractivity contribution in [3.63, 3.8) is 0 Å². The van der Waals surface area contributed by atoms with E-state index < -0.39 is 0 Å². The summed E-state index contributed by atoms with van der Waals surface area (Å²) in [5.41, 5.74) is 7.93. The molecule has 0 unspecified atom stereocenters. The van der Waals surface area contributed by atoms with Crippen LogP contribution in [0.1, 0.15) is 32.6 Å². The van der Waals surface area contributed by atoms with E-state index in [0.29, 0.717) is 6.54 Å². The second kappa shape index (κ2) is 6.80. The molecule has 0 spiro atoms. The molecule has 3 aromatic rings. The van der Waals surface area contributed by atoms with Gasteiger partial charge in [0, 0.05) is 13.1 Å². The maximum Gasteiger partial charge on any atom is 0.255 e. The van der Waals surface area contributed by atoms with E-state index in [1.807, 2.05) is 41.3 Å². The Kier molecular flexibility index (Phi) is 4.34. The van der Waals surface area contributed by atoms with Crippen molar-refractivity contribution in [2.75, 3.05) is 6.54 Å². The molecule has 0 aliphatic carbocycles. The summed E-state index contributed by atoms with van der Waals surface area (Å²) >= 11 is 0.